The van der Waals surface area contributed by atoms with Crippen LogP contribution in [-0.4, -0.2) is 36.3 Å². The molecule has 0 N–H and O–H groups in total. The van der Waals surface area contributed by atoms with Crippen LogP contribution in [-0.2, 0) is 24.5 Å². The third-order valence-corrected chi connectivity index (χ3v) is 4.48. The van der Waals surface area contributed by atoms with Gasteiger partial charge in [0.1, 0.15) is 17.0 Å². The number of hydrogen-bond donors (Lipinski definition) is 0. The van der Waals surface area contributed by atoms with Crippen molar-refractivity contribution < 1.29 is 28.6 Å². The predicted octanol–water partition coefficient (Wildman–Crippen LogP) is 4.52. The summed E-state index contributed by atoms with van der Waals surface area (Å²) < 4.78 is 16.0. The average Bonchev–Trinajstić information content (AvgIpc) is 2.79. The van der Waals surface area contributed by atoms with Crippen LogP contribution in [0.4, 0.5) is 10.5 Å². The number of anilines is 1. The molecular formula is C23H31NO6. The lowest BCUT2D eigenvalue weighted by Crippen LogP contribution is -2.44. The fourth-order valence-corrected chi connectivity index (χ4v) is 3.16. The number of nitrogens with zero attached hydrogens (tertiary/aromatic N) is 1. The summed E-state index contributed by atoms with van der Waals surface area (Å²) in [7, 11) is 1.53. The van der Waals surface area contributed by atoms with Crippen LogP contribution in [0, 0.1) is 0 Å². The molecule has 1 atom stereocenters. The summed E-state index contributed by atoms with van der Waals surface area (Å²) in [6.45, 7) is 12.3. The molecule has 0 aromatic heterocycles. The molecule has 1 aromatic rings. The summed E-state index contributed by atoms with van der Waals surface area (Å²) >= 11 is 0. The van der Waals surface area contributed by atoms with Gasteiger partial charge in [0, 0.05) is 6.08 Å². The van der Waals surface area contributed by atoms with Gasteiger partial charge >= 0.3 is 12.1 Å². The van der Waals surface area contributed by atoms with Crippen molar-refractivity contribution in [3.8, 4) is 5.75 Å². The summed E-state index contributed by atoms with van der Waals surface area (Å²) in [5, 5.41) is 0. The normalized spacial score (nSPS) is 19.1. The highest BCUT2D eigenvalue weighted by molar-refractivity contribution is 6.21. The van der Waals surface area contributed by atoms with E-state index in [1.54, 1.807) is 72.7 Å². The Labute approximate surface area is 178 Å². The van der Waals surface area contributed by atoms with Crippen LogP contribution in [0.25, 0.3) is 0 Å². The van der Waals surface area contributed by atoms with Crippen molar-refractivity contribution >= 4 is 23.7 Å². The van der Waals surface area contributed by atoms with Gasteiger partial charge in [-0.15, -0.1) is 0 Å². The third-order valence-electron chi connectivity index (χ3n) is 4.48. The second-order valence-corrected chi connectivity index (χ2v) is 9.48. The lowest BCUT2D eigenvalue weighted by Gasteiger charge is -2.25. The lowest BCUT2D eigenvalue weighted by atomic mass is 9.80. The lowest BCUT2D eigenvalue weighted by molar-refractivity contribution is -0.148. The van der Waals surface area contributed by atoms with Crippen molar-refractivity contribution in [1.29, 1.82) is 0 Å². The minimum atomic E-state index is -1.07. The molecule has 7 heteroatoms. The molecule has 30 heavy (non-hydrogen) atoms. The average molecular weight is 418 g/mol. The molecular weight excluding hydrogens is 386 g/mol. The molecule has 0 fully saturated rings. The molecule has 1 heterocycles. The third kappa shape index (κ3) is 5.20. The Morgan fingerprint density at radius 1 is 1.07 bits per heavy atom. The Balaban J connectivity index is 2.39. The summed E-state index contributed by atoms with van der Waals surface area (Å²) in [6, 6.07) is 5.09. The quantitative estimate of drug-likeness (QED) is 0.529. The Bertz CT molecular complexity index is 875. The summed E-state index contributed by atoms with van der Waals surface area (Å²) in [4.78, 5) is 39.2. The zero-order valence-corrected chi connectivity index (χ0v) is 19.0. The summed E-state index contributed by atoms with van der Waals surface area (Å²) in [5.74, 6) is -0.352. The van der Waals surface area contributed by atoms with E-state index in [0.29, 0.717) is 17.0 Å². The van der Waals surface area contributed by atoms with Crippen LogP contribution in [0.2, 0.25) is 0 Å². The first-order chi connectivity index (χ1) is 13.7. The zero-order chi connectivity index (χ0) is 22.9. The fraction of sp³-hybridized carbons (Fsp3) is 0.522. The van der Waals surface area contributed by atoms with E-state index < -0.39 is 34.6 Å². The first-order valence-corrected chi connectivity index (χ1v) is 9.83. The standard InChI is InChI=1S/C23H31NO6/c1-21(2,3)29-18(25)10-9-13-23(7)16-14-15(28-8)11-12-17(16)24(19(23)26)20(27)30-22(4,5)6/h9-12,14H,13H2,1-8H3/b10-9+/t23-/m0/s1. The maximum Gasteiger partial charge on any atom is 0.421 e. The van der Waals surface area contributed by atoms with Crippen molar-refractivity contribution in [2.75, 3.05) is 12.0 Å². The van der Waals surface area contributed by atoms with Gasteiger partial charge in [-0.25, -0.2) is 14.5 Å². The number of hydrogen-bond acceptors (Lipinski definition) is 6. The van der Waals surface area contributed by atoms with E-state index >= 15 is 0 Å². The van der Waals surface area contributed by atoms with Gasteiger partial charge in [0.15, 0.2) is 0 Å². The molecule has 0 unspecified atom stereocenters. The van der Waals surface area contributed by atoms with Crippen LogP contribution in [0.5, 0.6) is 5.75 Å². The molecule has 164 valence electrons. The van der Waals surface area contributed by atoms with Gasteiger partial charge in [-0.2, -0.15) is 0 Å². The minimum absolute atomic E-state index is 0.199. The van der Waals surface area contributed by atoms with E-state index in [-0.39, 0.29) is 6.42 Å². The van der Waals surface area contributed by atoms with Gasteiger partial charge < -0.3 is 14.2 Å². The topological polar surface area (TPSA) is 82.1 Å². The number of imide groups is 1. The second-order valence-electron chi connectivity index (χ2n) is 9.48. The molecule has 0 saturated heterocycles. The number of esters is 1. The van der Waals surface area contributed by atoms with Gasteiger partial charge in [-0.3, -0.25) is 4.79 Å². The molecule has 0 aliphatic carbocycles. The van der Waals surface area contributed by atoms with E-state index in [2.05, 4.69) is 0 Å². The molecule has 7 nitrogen and oxygen atoms in total. The number of ether oxygens (including phenoxy) is 3. The zero-order valence-electron chi connectivity index (χ0n) is 19.0. The fourth-order valence-electron chi connectivity index (χ4n) is 3.16. The molecule has 0 spiro atoms. The predicted molar refractivity (Wildman–Crippen MR) is 114 cm³/mol. The van der Waals surface area contributed by atoms with Gasteiger partial charge in [-0.1, -0.05) is 6.08 Å². The van der Waals surface area contributed by atoms with Crippen molar-refractivity contribution in [3.63, 3.8) is 0 Å². The molecule has 0 bridgehead atoms. The van der Waals surface area contributed by atoms with E-state index in [4.69, 9.17) is 14.2 Å². The minimum Gasteiger partial charge on any atom is -0.497 e. The highest BCUT2D eigenvalue weighted by Crippen LogP contribution is 2.46. The van der Waals surface area contributed by atoms with Crippen LogP contribution in [0.15, 0.2) is 30.4 Å². The second kappa shape index (κ2) is 8.13. The van der Waals surface area contributed by atoms with Crippen LogP contribution < -0.4 is 9.64 Å². The highest BCUT2D eigenvalue weighted by Gasteiger charge is 2.50. The van der Waals surface area contributed by atoms with E-state index in [1.165, 1.54) is 13.2 Å². The maximum atomic E-state index is 13.3. The number of rotatable bonds is 4. The van der Waals surface area contributed by atoms with E-state index in [1.807, 2.05) is 0 Å². The van der Waals surface area contributed by atoms with Gasteiger partial charge in [0.25, 0.3) is 0 Å². The Morgan fingerprint density at radius 2 is 1.67 bits per heavy atom. The SMILES string of the molecule is COc1ccc2c(c1)[C@](C)(C/C=C/C(=O)OC(C)(C)C)C(=O)N2C(=O)OC(C)(C)C. The molecule has 1 aliphatic rings. The largest absolute Gasteiger partial charge is 0.497 e. The van der Waals surface area contributed by atoms with Crippen LogP contribution >= 0.6 is 0 Å². The Hall–Kier alpha value is -2.83. The van der Waals surface area contributed by atoms with Gasteiger partial charge in [0.05, 0.1) is 18.2 Å². The number of allylic oxidation sites excluding steroid dienone is 1. The molecule has 1 aliphatic heterocycles. The molecule has 0 saturated carbocycles. The van der Waals surface area contributed by atoms with Crippen molar-refractivity contribution in [2.24, 2.45) is 0 Å². The van der Waals surface area contributed by atoms with E-state index in [9.17, 15) is 14.4 Å². The highest BCUT2D eigenvalue weighted by atomic mass is 16.6. The smallest absolute Gasteiger partial charge is 0.421 e. The number of fused-ring (bicyclic) bond motifs is 1. The number of carbonyl (C=O) groups excluding carboxylic acids is 3. The molecule has 2 rings (SSSR count). The Morgan fingerprint density at radius 3 is 2.20 bits per heavy atom. The van der Waals surface area contributed by atoms with Crippen LogP contribution in [0.1, 0.15) is 60.5 Å². The number of methoxy groups -OCH3 is 1. The first-order valence-electron chi connectivity index (χ1n) is 9.83. The van der Waals surface area contributed by atoms with Gasteiger partial charge in [-0.05, 0) is 78.6 Å². The monoisotopic (exact) mass is 417 g/mol. The number of amides is 2. The first kappa shape index (κ1) is 23.4. The van der Waals surface area contributed by atoms with Crippen molar-refractivity contribution in [2.45, 2.75) is 71.5 Å². The molecule has 0 radical (unpaired) electrons. The van der Waals surface area contributed by atoms with Gasteiger partial charge in [0.2, 0.25) is 5.91 Å². The van der Waals surface area contributed by atoms with Crippen molar-refractivity contribution in [1.82, 2.24) is 0 Å². The number of carbonyl (C=O) groups is 3. The van der Waals surface area contributed by atoms with Crippen molar-refractivity contribution in [3.05, 3.63) is 35.9 Å². The van der Waals surface area contributed by atoms with E-state index in [0.717, 1.165) is 4.90 Å². The molecule has 1 aromatic carbocycles. The summed E-state index contributed by atoms with van der Waals surface area (Å²) in [5.41, 5.74) is -1.35. The Kier molecular flexibility index (Phi) is 6.35. The summed E-state index contributed by atoms with van der Waals surface area (Å²) in [6.07, 6.45) is 2.36. The maximum absolute atomic E-state index is 13.3. The molecule has 2 amide bonds. The number of benzene rings is 1. The van der Waals surface area contributed by atoms with Crippen LogP contribution in [0.3, 0.4) is 0 Å².